The first kappa shape index (κ1) is 98.0. The summed E-state index contributed by atoms with van der Waals surface area (Å²) in [4.78, 5) is 2.14. The number of halogens is 2. The summed E-state index contributed by atoms with van der Waals surface area (Å²) in [6, 6.07) is 39.6. The monoisotopic (exact) mass is 1680 g/mol. The van der Waals surface area contributed by atoms with Crippen molar-refractivity contribution in [3.05, 3.63) is 220 Å². The lowest BCUT2D eigenvalue weighted by Crippen LogP contribution is -3.00. The molecular weight excluding hydrogens is 1550 g/mol. The maximum absolute atomic E-state index is 5.78. The van der Waals surface area contributed by atoms with Crippen LogP contribution in [0.3, 0.4) is 0 Å². The number of nitrogens with zero attached hydrogens (tertiary/aromatic N) is 25. The van der Waals surface area contributed by atoms with Gasteiger partial charge < -0.3 is 56.7 Å². The van der Waals surface area contributed by atoms with Crippen LogP contribution in [0.5, 0.6) is 0 Å². The lowest BCUT2D eigenvalue weighted by atomic mass is 9.92. The Bertz CT molecular complexity index is 5140. The minimum absolute atomic E-state index is 0. The van der Waals surface area contributed by atoms with Gasteiger partial charge in [-0.2, -0.15) is 0 Å². The van der Waals surface area contributed by atoms with Crippen LogP contribution in [0.25, 0.3) is 0 Å². The zero-order valence-corrected chi connectivity index (χ0v) is 74.8. The van der Waals surface area contributed by atoms with Gasteiger partial charge in [-0.25, -0.2) is 54.8 Å². The average molecular weight is 1680 g/mol. The van der Waals surface area contributed by atoms with Gasteiger partial charge in [-0.15, -0.1) is 5.11 Å². The fraction of sp³-hybridized carbons (Fsp3) is 0.402. The molecule has 35 heteroatoms. The van der Waals surface area contributed by atoms with Crippen molar-refractivity contribution in [2.45, 2.75) is 66.2 Å². The number of hydrogen-bond acceptors (Lipinski definition) is 21. The van der Waals surface area contributed by atoms with Gasteiger partial charge >= 0.3 is 35.7 Å². The van der Waals surface area contributed by atoms with Crippen LogP contribution in [0.1, 0.15) is 48.0 Å². The molecule has 0 radical (unpaired) electrons. The highest BCUT2D eigenvalue weighted by molar-refractivity contribution is 5.68. The van der Waals surface area contributed by atoms with E-state index in [4.69, 9.17) is 10.5 Å². The normalized spacial score (nSPS) is 13.3. The van der Waals surface area contributed by atoms with Crippen LogP contribution >= 0.6 is 0 Å². The summed E-state index contributed by atoms with van der Waals surface area (Å²) >= 11 is 0. The molecule has 0 saturated carbocycles. The molecule has 0 spiro atoms. The number of nitrogens with two attached hydrogens (primary N) is 1. The first-order valence-corrected chi connectivity index (χ1v) is 40.2. The topological polar surface area (TPSA) is 312 Å². The van der Waals surface area contributed by atoms with Gasteiger partial charge in [-0.1, -0.05) is 138 Å². The average Bonchev–Trinajstić information content (AvgIpc) is 1.29. The fourth-order valence-electron chi connectivity index (χ4n) is 11.7. The predicted octanol–water partition coefficient (Wildman–Crippen LogP) is 8.81. The van der Waals surface area contributed by atoms with Crippen molar-refractivity contribution in [2.75, 3.05) is 100 Å². The number of nitrogens with one attached hydrogen (secondary N) is 6. The number of aryl methyl sites for hydroxylation is 12. The number of rotatable bonds is 33. The molecule has 33 nitrogen and oxygen atoms in total. The van der Waals surface area contributed by atoms with Crippen molar-refractivity contribution in [3.63, 3.8) is 0 Å². The number of para-hydroxylation sites is 5. The summed E-state index contributed by atoms with van der Waals surface area (Å²) in [5.74, 6) is 4.78. The number of ether oxygens (including phenoxy) is 1. The number of benzene rings is 5. The van der Waals surface area contributed by atoms with Crippen LogP contribution in [0.2, 0.25) is 0 Å². The smallest absolute Gasteiger partial charge is 0.421 e. The molecule has 1 aliphatic carbocycles. The highest BCUT2D eigenvalue weighted by atomic mass is 19.0. The van der Waals surface area contributed by atoms with E-state index in [9.17, 15) is 0 Å². The number of azo groups is 6. The standard InChI is InChI=1S/C27H37N10.C17H25N5O.C16H24N6.C15H22N6.C12H15N5.2FH/c1-27(2,19-28-21-11-7-9-13-23(21)30-32-25-34(3)15-16-35(25)4)20-29-22-12-8-10-14-24(22)31-33-26-36(5)17-18-37(26)6;1-14(2)23-13-7-10-18-15-8-5-6-9-16(15)19-20-17-21(3)11-12-22(17)4;1-16(2,11-17)12-18-13-7-5-6-8-14(13)19-20-15-21(3)9-10-22(15)4;1-19(2)10-9-16-13-7-5-6-8-14(13)17-18-15-20(3)11-12-21(15)4;1-13-10-6-4-5-7-11(10)14-15-12-16(2)8-9-17(12)3;;/h7-18,21,23,28H,19-20H2,1-6H3;5-6,8-9,11-12,14H,7,10,13H2,1-4H3;5-10H,11-12,17H2,1-4H3;5-8,11-12H,9-10H2,1-4H3;4-9H,1-3H3;2*1H/q+1;;;;;;/p+3. The van der Waals surface area contributed by atoms with Crippen molar-refractivity contribution in [1.82, 2.24) is 37.6 Å². The van der Waals surface area contributed by atoms with Crippen LogP contribution in [0.4, 0.5) is 92.6 Å². The third-order valence-corrected chi connectivity index (χ3v) is 19.1. The van der Waals surface area contributed by atoms with E-state index in [1.165, 1.54) is 0 Å². The Morgan fingerprint density at radius 2 is 0.713 bits per heavy atom. The number of allylic oxidation sites excluding steroid dienone is 2. The Hall–Kier alpha value is -12.9. The van der Waals surface area contributed by atoms with Crippen molar-refractivity contribution in [1.29, 1.82) is 0 Å². The van der Waals surface area contributed by atoms with Crippen LogP contribution in [0.15, 0.2) is 281 Å². The molecule has 6 heterocycles. The van der Waals surface area contributed by atoms with Gasteiger partial charge in [0.25, 0.3) is 0 Å². The summed E-state index contributed by atoms with van der Waals surface area (Å²) in [7, 11) is 29.4. The van der Waals surface area contributed by atoms with Crippen molar-refractivity contribution in [2.24, 2.45) is 163 Å². The van der Waals surface area contributed by atoms with E-state index in [0.717, 1.165) is 145 Å². The van der Waals surface area contributed by atoms with Gasteiger partial charge in [0.1, 0.15) is 34.5 Å². The Morgan fingerprint density at radius 1 is 0.410 bits per heavy atom. The summed E-state index contributed by atoms with van der Waals surface area (Å²) in [5, 5.41) is 73.4. The van der Waals surface area contributed by atoms with Crippen molar-refractivity contribution in [3.8, 4) is 0 Å². The van der Waals surface area contributed by atoms with Crippen LogP contribution in [-0.2, 0) is 89.3 Å². The van der Waals surface area contributed by atoms with E-state index in [1.807, 2.05) is 362 Å². The molecule has 2 atom stereocenters. The quantitative estimate of drug-likeness (QED) is 0.0117. The third-order valence-electron chi connectivity index (χ3n) is 19.1. The third kappa shape index (κ3) is 30.7. The largest absolute Gasteiger partial charge is 1.00 e. The molecule has 0 fully saturated rings. The van der Waals surface area contributed by atoms with E-state index >= 15 is 0 Å². The van der Waals surface area contributed by atoms with Gasteiger partial charge in [-0.05, 0) is 112 Å². The molecule has 6 aromatic heterocycles. The molecule has 0 saturated heterocycles. The Morgan fingerprint density at radius 3 is 1.03 bits per heavy atom. The second kappa shape index (κ2) is 49.0. The molecule has 2 unspecified atom stereocenters. The second-order valence-corrected chi connectivity index (χ2v) is 31.3. The minimum Gasteiger partial charge on any atom is -1.00 e. The van der Waals surface area contributed by atoms with Gasteiger partial charge in [0, 0.05) is 83.6 Å². The summed E-state index contributed by atoms with van der Waals surface area (Å²) in [6.07, 6.45) is 33.0. The lowest BCUT2D eigenvalue weighted by Gasteiger charge is -2.29. The zero-order chi connectivity index (χ0) is 86.7. The van der Waals surface area contributed by atoms with Crippen LogP contribution in [-0.4, -0.2) is 124 Å². The molecule has 0 aliphatic heterocycles. The Kier molecular flexibility index (Phi) is 39.4. The summed E-state index contributed by atoms with van der Waals surface area (Å²) < 4.78 is 28.8. The van der Waals surface area contributed by atoms with Gasteiger partial charge in [-0.3, -0.25) is 0 Å². The molecule has 12 rings (SSSR count). The van der Waals surface area contributed by atoms with Gasteiger partial charge in [0.2, 0.25) is 0 Å². The molecule has 8 N–H and O–H groups in total. The van der Waals surface area contributed by atoms with Gasteiger partial charge in [0.05, 0.1) is 200 Å². The molecular formula is C87H128F2N32O+4. The molecule has 1 aliphatic rings. The first-order chi connectivity index (χ1) is 57.5. The number of aromatic nitrogens is 12. The molecule has 122 heavy (non-hydrogen) atoms. The van der Waals surface area contributed by atoms with E-state index in [1.54, 1.807) is 0 Å². The SMILES string of the molecule is CC(C)OCCCNc1ccccc1N=Nc1n(C)cc[n+]1C.CN(C)CCNc1ccccc1N=Nc1n(C)cc[n+]1C.CNc1ccccc1N=Nc1n(C)cc[n+]1C.Cn1cc[n+](C)c1N=Nc1ccccc1NCC(C)(C)CN.Cn1cc[n+](C)c1N=Nc1ccccc1NCC(C)(C)CNC1C=CC=CC1N=Nc1n(C)cc[n+]1C.[F-].[F-]. The maximum Gasteiger partial charge on any atom is 0.421 e. The van der Waals surface area contributed by atoms with Crippen LogP contribution in [0, 0.1) is 10.8 Å². The molecule has 652 valence electrons. The maximum atomic E-state index is 5.78. The van der Waals surface area contributed by atoms with E-state index < -0.39 is 0 Å². The Balaban J connectivity index is 0.000000242. The minimum atomic E-state index is -0.0661. The predicted molar refractivity (Wildman–Crippen MR) is 475 cm³/mol. The number of hydrogen-bond donors (Lipinski definition) is 7. The van der Waals surface area contributed by atoms with Crippen LogP contribution < -0.4 is 74.4 Å². The number of imidazole rings is 6. The van der Waals surface area contributed by atoms with Crippen molar-refractivity contribution < 1.29 is 41.5 Å². The molecule has 11 aromatic rings. The van der Waals surface area contributed by atoms with E-state index in [2.05, 4.69) is 158 Å². The lowest BCUT2D eigenvalue weighted by molar-refractivity contribution is -0.657. The highest BCUT2D eigenvalue weighted by Crippen LogP contribution is 2.32. The van der Waals surface area contributed by atoms with Gasteiger partial charge in [0.15, 0.2) is 0 Å². The summed E-state index contributed by atoms with van der Waals surface area (Å²) in [6.45, 7) is 19.3. The first-order valence-electron chi connectivity index (χ1n) is 40.2. The van der Waals surface area contributed by atoms with E-state index in [0.29, 0.717) is 6.54 Å². The van der Waals surface area contributed by atoms with Crippen molar-refractivity contribution >= 4 is 92.6 Å². The number of likely N-dealkylation sites (N-methyl/N-ethyl adjacent to an activating group) is 1. The fourth-order valence-corrected chi connectivity index (χ4v) is 11.7. The van der Waals surface area contributed by atoms with E-state index in [-0.39, 0.29) is 38.4 Å². The summed E-state index contributed by atoms with van der Waals surface area (Å²) in [5.41, 5.74) is 14.8. The molecule has 0 amide bonds. The number of anilines is 5. The molecule has 0 bridgehead atoms. The Labute approximate surface area is 717 Å². The zero-order valence-electron chi connectivity index (χ0n) is 74.8. The second-order valence-electron chi connectivity index (χ2n) is 31.3. The highest BCUT2D eigenvalue weighted by Gasteiger charge is 2.26. The molecule has 5 aromatic carbocycles.